The van der Waals surface area contributed by atoms with Crippen LogP contribution in [0.3, 0.4) is 0 Å². The molecule has 110 valence electrons. The van der Waals surface area contributed by atoms with Crippen LogP contribution < -0.4 is 10.1 Å². The van der Waals surface area contributed by atoms with Crippen molar-refractivity contribution in [1.29, 1.82) is 0 Å². The van der Waals surface area contributed by atoms with Crippen molar-refractivity contribution in [3.63, 3.8) is 0 Å². The Morgan fingerprint density at radius 2 is 2.10 bits per heavy atom. The van der Waals surface area contributed by atoms with Gasteiger partial charge < -0.3 is 10.1 Å². The topological polar surface area (TPSA) is 64.4 Å². The molecule has 0 bridgehead atoms. The summed E-state index contributed by atoms with van der Waals surface area (Å²) in [4.78, 5) is 10.5. The van der Waals surface area contributed by atoms with E-state index in [0.717, 1.165) is 0 Å². The van der Waals surface area contributed by atoms with Crippen molar-refractivity contribution in [3.8, 4) is 11.5 Å². The number of nitro benzene ring substituents is 1. The molecule has 2 aromatic rings. The fraction of sp³-hybridized carbons (Fsp3) is 0.200. The fourth-order valence-corrected chi connectivity index (χ4v) is 2.02. The number of halogens is 1. The van der Waals surface area contributed by atoms with Crippen molar-refractivity contribution in [2.24, 2.45) is 0 Å². The zero-order valence-corrected chi connectivity index (χ0v) is 11.7. The van der Waals surface area contributed by atoms with Crippen molar-refractivity contribution >= 4 is 5.69 Å². The minimum atomic E-state index is -0.518. The van der Waals surface area contributed by atoms with Crippen LogP contribution in [-0.2, 0) is 6.54 Å². The van der Waals surface area contributed by atoms with Gasteiger partial charge in [0, 0.05) is 18.7 Å². The van der Waals surface area contributed by atoms with Crippen molar-refractivity contribution in [2.45, 2.75) is 13.5 Å². The lowest BCUT2D eigenvalue weighted by Gasteiger charge is -2.10. The first-order valence-corrected chi connectivity index (χ1v) is 6.37. The van der Waals surface area contributed by atoms with Crippen molar-refractivity contribution in [1.82, 2.24) is 5.32 Å². The molecule has 2 rings (SSSR count). The molecular weight excluding hydrogens is 275 g/mol. The SMILES string of the molecule is CNCc1cc(F)cc(Oc2c(C)cccc2[N+](=O)[O-])c1. The molecule has 0 heterocycles. The molecule has 0 saturated carbocycles. The van der Waals surface area contributed by atoms with E-state index in [-0.39, 0.29) is 17.2 Å². The molecule has 21 heavy (non-hydrogen) atoms. The second kappa shape index (κ2) is 6.32. The molecule has 1 N–H and O–H groups in total. The van der Waals surface area contributed by atoms with Gasteiger partial charge in [-0.1, -0.05) is 12.1 Å². The zero-order chi connectivity index (χ0) is 15.4. The molecule has 0 aromatic heterocycles. The number of nitrogens with zero attached hydrogens (tertiary/aromatic N) is 1. The van der Waals surface area contributed by atoms with E-state index in [0.29, 0.717) is 17.7 Å². The molecule has 0 radical (unpaired) electrons. The minimum Gasteiger partial charge on any atom is -0.450 e. The Morgan fingerprint density at radius 3 is 2.76 bits per heavy atom. The predicted octanol–water partition coefficient (Wildman–Crippen LogP) is 3.55. The highest BCUT2D eigenvalue weighted by Gasteiger charge is 2.18. The van der Waals surface area contributed by atoms with E-state index in [4.69, 9.17) is 4.74 Å². The van der Waals surface area contributed by atoms with E-state index in [1.165, 1.54) is 18.2 Å². The molecule has 5 nitrogen and oxygen atoms in total. The highest BCUT2D eigenvalue weighted by Crippen LogP contribution is 2.34. The van der Waals surface area contributed by atoms with E-state index in [9.17, 15) is 14.5 Å². The maximum atomic E-state index is 13.6. The van der Waals surface area contributed by atoms with Crippen molar-refractivity contribution in [3.05, 3.63) is 63.5 Å². The molecule has 0 aliphatic carbocycles. The highest BCUT2D eigenvalue weighted by molar-refractivity contribution is 5.53. The van der Waals surface area contributed by atoms with Gasteiger partial charge in [-0.2, -0.15) is 0 Å². The summed E-state index contributed by atoms with van der Waals surface area (Å²) in [5, 5.41) is 14.0. The zero-order valence-electron chi connectivity index (χ0n) is 11.7. The average molecular weight is 290 g/mol. The number of hydrogen-bond acceptors (Lipinski definition) is 4. The smallest absolute Gasteiger partial charge is 0.311 e. The van der Waals surface area contributed by atoms with Crippen LogP contribution in [0.2, 0.25) is 0 Å². The number of nitrogens with one attached hydrogen (secondary N) is 1. The molecule has 0 unspecified atom stereocenters. The van der Waals surface area contributed by atoms with Gasteiger partial charge in [0.05, 0.1) is 4.92 Å². The van der Waals surface area contributed by atoms with E-state index < -0.39 is 10.7 Å². The van der Waals surface area contributed by atoms with Gasteiger partial charge >= 0.3 is 5.69 Å². The molecule has 2 aromatic carbocycles. The van der Waals surface area contributed by atoms with Gasteiger partial charge in [0.25, 0.3) is 0 Å². The molecule has 0 spiro atoms. The van der Waals surface area contributed by atoms with Crippen LogP contribution in [0.1, 0.15) is 11.1 Å². The summed E-state index contributed by atoms with van der Waals surface area (Å²) in [5.74, 6) is -0.0878. The lowest BCUT2D eigenvalue weighted by Crippen LogP contribution is -2.05. The van der Waals surface area contributed by atoms with Crippen LogP contribution in [0.15, 0.2) is 36.4 Å². The normalized spacial score (nSPS) is 10.4. The van der Waals surface area contributed by atoms with Gasteiger partial charge in [-0.25, -0.2) is 4.39 Å². The van der Waals surface area contributed by atoms with Crippen LogP contribution >= 0.6 is 0 Å². The van der Waals surface area contributed by atoms with Crippen LogP contribution in [-0.4, -0.2) is 12.0 Å². The second-order valence-electron chi connectivity index (χ2n) is 4.61. The Morgan fingerprint density at radius 1 is 1.33 bits per heavy atom. The largest absolute Gasteiger partial charge is 0.450 e. The predicted molar refractivity (Wildman–Crippen MR) is 77.1 cm³/mol. The van der Waals surface area contributed by atoms with Crippen LogP contribution in [0, 0.1) is 22.9 Å². The summed E-state index contributed by atoms with van der Waals surface area (Å²) < 4.78 is 19.1. The third-order valence-electron chi connectivity index (χ3n) is 2.92. The summed E-state index contributed by atoms with van der Waals surface area (Å²) >= 11 is 0. The molecule has 0 saturated heterocycles. The van der Waals surface area contributed by atoms with E-state index in [1.54, 1.807) is 32.2 Å². The van der Waals surface area contributed by atoms with Crippen LogP contribution in [0.4, 0.5) is 10.1 Å². The first kappa shape index (κ1) is 14.9. The third-order valence-corrected chi connectivity index (χ3v) is 2.92. The summed E-state index contributed by atoms with van der Waals surface area (Å²) in [5.41, 5.74) is 1.17. The van der Waals surface area contributed by atoms with Crippen LogP contribution in [0.5, 0.6) is 11.5 Å². The van der Waals surface area contributed by atoms with Gasteiger partial charge in [-0.05, 0) is 37.2 Å². The lowest BCUT2D eigenvalue weighted by molar-refractivity contribution is -0.385. The second-order valence-corrected chi connectivity index (χ2v) is 4.61. The van der Waals surface area contributed by atoms with Gasteiger partial charge in [0.2, 0.25) is 5.75 Å². The summed E-state index contributed by atoms with van der Waals surface area (Å²) in [6, 6.07) is 8.88. The Labute approximate surface area is 121 Å². The Hall–Kier alpha value is -2.47. The number of ether oxygens (including phenoxy) is 1. The quantitative estimate of drug-likeness (QED) is 0.675. The minimum absolute atomic E-state index is 0.128. The Balaban J connectivity index is 2.40. The molecule has 0 aliphatic heterocycles. The van der Waals surface area contributed by atoms with Gasteiger partial charge in [-0.15, -0.1) is 0 Å². The average Bonchev–Trinajstić information content (AvgIpc) is 2.40. The maximum absolute atomic E-state index is 13.6. The van der Waals surface area contributed by atoms with Gasteiger partial charge in [0.15, 0.2) is 0 Å². The molecular formula is C15H15FN2O3. The van der Waals surface area contributed by atoms with Crippen molar-refractivity contribution < 1.29 is 14.1 Å². The molecule has 6 heteroatoms. The molecule has 0 fully saturated rings. The van der Waals surface area contributed by atoms with Gasteiger partial charge in [0.1, 0.15) is 11.6 Å². The first-order chi connectivity index (χ1) is 10.0. The summed E-state index contributed by atoms with van der Waals surface area (Å²) in [6.45, 7) is 2.18. The fourth-order valence-electron chi connectivity index (χ4n) is 2.02. The number of rotatable bonds is 5. The Bertz CT molecular complexity index is 674. The number of benzene rings is 2. The van der Waals surface area contributed by atoms with E-state index >= 15 is 0 Å². The number of hydrogen-bond donors (Lipinski definition) is 1. The standard InChI is InChI=1S/C15H15FN2O3/c1-10-4-3-5-14(18(19)20)15(10)21-13-7-11(9-17-2)6-12(16)8-13/h3-8,17H,9H2,1-2H3. The highest BCUT2D eigenvalue weighted by atomic mass is 19.1. The summed E-state index contributed by atoms with van der Waals surface area (Å²) in [7, 11) is 1.75. The number of aryl methyl sites for hydroxylation is 1. The lowest BCUT2D eigenvalue weighted by atomic mass is 10.2. The summed E-state index contributed by atoms with van der Waals surface area (Å²) in [6.07, 6.45) is 0. The number of nitro groups is 1. The molecule has 0 atom stereocenters. The first-order valence-electron chi connectivity index (χ1n) is 6.37. The van der Waals surface area contributed by atoms with E-state index in [1.807, 2.05) is 0 Å². The van der Waals surface area contributed by atoms with Crippen LogP contribution in [0.25, 0.3) is 0 Å². The molecule has 0 amide bonds. The monoisotopic (exact) mass is 290 g/mol. The van der Waals surface area contributed by atoms with Gasteiger partial charge in [-0.3, -0.25) is 10.1 Å². The number of para-hydroxylation sites is 1. The van der Waals surface area contributed by atoms with Crippen molar-refractivity contribution in [2.75, 3.05) is 7.05 Å². The van der Waals surface area contributed by atoms with E-state index in [2.05, 4.69) is 5.32 Å². The Kier molecular flexibility index (Phi) is 4.49. The third kappa shape index (κ3) is 3.55. The molecule has 0 aliphatic rings. The maximum Gasteiger partial charge on any atom is 0.311 e.